The average Bonchev–Trinajstić information content (AvgIpc) is 2.65. The second-order valence-electron chi connectivity index (χ2n) is 6.66. The van der Waals surface area contributed by atoms with Gasteiger partial charge in [0.25, 0.3) is 0 Å². The Hall–Kier alpha value is -1.94. The van der Waals surface area contributed by atoms with Crippen molar-refractivity contribution in [3.63, 3.8) is 0 Å². The Kier molecular flexibility index (Phi) is 5.92. The zero-order valence-electron chi connectivity index (χ0n) is 15.5. The summed E-state index contributed by atoms with van der Waals surface area (Å²) in [6, 6.07) is 11.3. The SMILES string of the molecule is COc1cc2c(cc1OC)C(CCCCl)N(c1ccccc1F)C(C)C2. The maximum absolute atomic E-state index is 14.6. The van der Waals surface area contributed by atoms with Crippen LogP contribution in [0.15, 0.2) is 36.4 Å². The number of anilines is 1. The van der Waals surface area contributed by atoms with E-state index in [1.807, 2.05) is 18.2 Å². The highest BCUT2D eigenvalue weighted by molar-refractivity contribution is 6.17. The van der Waals surface area contributed by atoms with Gasteiger partial charge in [0.2, 0.25) is 0 Å². The number of alkyl halides is 1. The van der Waals surface area contributed by atoms with E-state index in [0.29, 0.717) is 17.3 Å². The third-order valence-corrected chi connectivity index (χ3v) is 5.34. The zero-order chi connectivity index (χ0) is 18.7. The molecule has 0 N–H and O–H groups in total. The summed E-state index contributed by atoms with van der Waals surface area (Å²) < 4.78 is 25.5. The summed E-state index contributed by atoms with van der Waals surface area (Å²) in [7, 11) is 3.28. The van der Waals surface area contributed by atoms with Crippen molar-refractivity contribution in [2.75, 3.05) is 25.0 Å². The Morgan fingerprint density at radius 3 is 2.50 bits per heavy atom. The molecule has 3 nitrogen and oxygen atoms in total. The first-order valence-electron chi connectivity index (χ1n) is 8.94. The molecule has 1 aliphatic heterocycles. The first kappa shape index (κ1) is 18.8. The number of halogens is 2. The third kappa shape index (κ3) is 3.48. The molecule has 0 aromatic heterocycles. The van der Waals surface area contributed by atoms with E-state index in [1.54, 1.807) is 20.3 Å². The topological polar surface area (TPSA) is 21.7 Å². The molecule has 0 saturated heterocycles. The molecule has 0 radical (unpaired) electrons. The fourth-order valence-corrected chi connectivity index (χ4v) is 4.08. The molecule has 0 fully saturated rings. The summed E-state index contributed by atoms with van der Waals surface area (Å²) in [5.41, 5.74) is 3.02. The summed E-state index contributed by atoms with van der Waals surface area (Å²) in [4.78, 5) is 2.19. The number of nitrogens with zero attached hydrogens (tertiary/aromatic N) is 1. The first-order valence-corrected chi connectivity index (χ1v) is 9.47. The van der Waals surface area contributed by atoms with E-state index >= 15 is 0 Å². The first-order chi connectivity index (χ1) is 12.6. The third-order valence-electron chi connectivity index (χ3n) is 5.07. The molecule has 1 heterocycles. The van der Waals surface area contributed by atoms with E-state index < -0.39 is 0 Å². The van der Waals surface area contributed by atoms with Crippen molar-refractivity contribution in [2.45, 2.75) is 38.3 Å². The van der Waals surface area contributed by atoms with Gasteiger partial charge in [-0.3, -0.25) is 0 Å². The van der Waals surface area contributed by atoms with E-state index in [1.165, 1.54) is 11.6 Å². The van der Waals surface area contributed by atoms with Crippen LogP contribution in [0.25, 0.3) is 0 Å². The van der Waals surface area contributed by atoms with Crippen molar-refractivity contribution in [1.29, 1.82) is 0 Å². The van der Waals surface area contributed by atoms with Crippen LogP contribution in [0, 0.1) is 5.82 Å². The predicted octanol–water partition coefficient (Wildman–Crippen LogP) is 5.35. The van der Waals surface area contributed by atoms with Crippen LogP contribution >= 0.6 is 11.6 Å². The lowest BCUT2D eigenvalue weighted by Crippen LogP contribution is -2.43. The molecule has 140 valence electrons. The molecule has 0 spiro atoms. The lowest BCUT2D eigenvalue weighted by molar-refractivity contribution is 0.351. The molecule has 0 bridgehead atoms. The van der Waals surface area contributed by atoms with Crippen molar-refractivity contribution in [3.8, 4) is 11.5 Å². The number of methoxy groups -OCH3 is 2. The molecule has 5 heteroatoms. The quantitative estimate of drug-likeness (QED) is 0.633. The number of fused-ring (bicyclic) bond motifs is 1. The van der Waals surface area contributed by atoms with Crippen LogP contribution in [0.5, 0.6) is 11.5 Å². The number of hydrogen-bond acceptors (Lipinski definition) is 3. The lowest BCUT2D eigenvalue weighted by Gasteiger charge is -2.44. The van der Waals surface area contributed by atoms with Crippen LogP contribution in [0.4, 0.5) is 10.1 Å². The van der Waals surface area contributed by atoms with E-state index in [4.69, 9.17) is 21.1 Å². The van der Waals surface area contributed by atoms with Crippen LogP contribution in [-0.2, 0) is 6.42 Å². The van der Waals surface area contributed by atoms with Gasteiger partial charge in [-0.1, -0.05) is 12.1 Å². The van der Waals surface area contributed by atoms with Gasteiger partial charge in [-0.05, 0) is 61.6 Å². The number of rotatable bonds is 6. The van der Waals surface area contributed by atoms with Crippen molar-refractivity contribution in [2.24, 2.45) is 0 Å². The highest BCUT2D eigenvalue weighted by atomic mass is 35.5. The summed E-state index contributed by atoms with van der Waals surface area (Å²) in [5, 5.41) is 0. The average molecular weight is 378 g/mol. The van der Waals surface area contributed by atoms with Crippen LogP contribution in [0.3, 0.4) is 0 Å². The number of para-hydroxylation sites is 1. The highest BCUT2D eigenvalue weighted by Crippen LogP contribution is 2.44. The minimum atomic E-state index is -0.195. The Morgan fingerprint density at radius 1 is 1.15 bits per heavy atom. The van der Waals surface area contributed by atoms with Crippen molar-refractivity contribution < 1.29 is 13.9 Å². The zero-order valence-corrected chi connectivity index (χ0v) is 16.2. The van der Waals surface area contributed by atoms with Gasteiger partial charge in [0.1, 0.15) is 5.82 Å². The van der Waals surface area contributed by atoms with Crippen molar-refractivity contribution in [1.82, 2.24) is 0 Å². The summed E-state index contributed by atoms with van der Waals surface area (Å²) in [5.74, 6) is 1.82. The number of ether oxygens (including phenoxy) is 2. The van der Waals surface area contributed by atoms with E-state index in [-0.39, 0.29) is 17.9 Å². The fraction of sp³-hybridized carbons (Fsp3) is 0.429. The molecular formula is C21H25ClFNO2. The summed E-state index contributed by atoms with van der Waals surface area (Å²) in [6.07, 6.45) is 2.53. The standard InChI is InChI=1S/C21H25ClFNO2/c1-14-11-15-12-20(25-2)21(26-3)13-16(15)18(9-6-10-22)24(14)19-8-5-4-7-17(19)23/h4-5,7-8,12-14,18H,6,9-11H2,1-3H3. The molecule has 26 heavy (non-hydrogen) atoms. The normalized spacial score (nSPS) is 19.2. The monoisotopic (exact) mass is 377 g/mol. The largest absolute Gasteiger partial charge is 0.493 e. The molecule has 0 aliphatic carbocycles. The predicted molar refractivity (Wildman–Crippen MR) is 104 cm³/mol. The van der Waals surface area contributed by atoms with E-state index in [2.05, 4.69) is 17.9 Å². The lowest BCUT2D eigenvalue weighted by atomic mass is 9.85. The van der Waals surface area contributed by atoms with Gasteiger partial charge in [-0.25, -0.2) is 4.39 Å². The van der Waals surface area contributed by atoms with Crippen LogP contribution in [-0.4, -0.2) is 26.1 Å². The highest BCUT2D eigenvalue weighted by Gasteiger charge is 2.34. The van der Waals surface area contributed by atoms with Gasteiger partial charge in [-0.15, -0.1) is 11.6 Å². The Morgan fingerprint density at radius 2 is 1.85 bits per heavy atom. The van der Waals surface area contributed by atoms with Crippen molar-refractivity contribution >= 4 is 17.3 Å². The molecule has 2 aromatic rings. The molecule has 2 unspecified atom stereocenters. The van der Waals surface area contributed by atoms with E-state index in [0.717, 1.165) is 30.6 Å². The maximum Gasteiger partial charge on any atom is 0.161 e. The second kappa shape index (κ2) is 8.17. The van der Waals surface area contributed by atoms with Gasteiger partial charge >= 0.3 is 0 Å². The number of hydrogen-bond donors (Lipinski definition) is 0. The second-order valence-corrected chi connectivity index (χ2v) is 7.04. The number of benzene rings is 2. The van der Waals surface area contributed by atoms with Gasteiger partial charge < -0.3 is 14.4 Å². The van der Waals surface area contributed by atoms with Crippen LogP contribution < -0.4 is 14.4 Å². The van der Waals surface area contributed by atoms with Gasteiger partial charge in [0.15, 0.2) is 11.5 Å². The fourth-order valence-electron chi connectivity index (χ4n) is 3.93. The minimum Gasteiger partial charge on any atom is -0.493 e. The minimum absolute atomic E-state index is 0.0456. The van der Waals surface area contributed by atoms with Crippen molar-refractivity contribution in [3.05, 3.63) is 53.3 Å². The Labute approximate surface area is 159 Å². The summed E-state index contributed by atoms with van der Waals surface area (Å²) >= 11 is 5.98. The molecule has 0 amide bonds. The molecule has 3 rings (SSSR count). The van der Waals surface area contributed by atoms with Crippen LogP contribution in [0.2, 0.25) is 0 Å². The Balaban J connectivity index is 2.12. The van der Waals surface area contributed by atoms with E-state index in [9.17, 15) is 4.39 Å². The van der Waals surface area contributed by atoms with Crippen LogP contribution in [0.1, 0.15) is 36.9 Å². The maximum atomic E-state index is 14.6. The summed E-state index contributed by atoms with van der Waals surface area (Å²) in [6.45, 7) is 2.14. The molecule has 2 aromatic carbocycles. The van der Waals surface area contributed by atoms with Gasteiger partial charge in [0.05, 0.1) is 25.9 Å². The smallest absolute Gasteiger partial charge is 0.161 e. The molecule has 2 atom stereocenters. The molecular weight excluding hydrogens is 353 g/mol. The molecule has 0 saturated carbocycles. The Bertz CT molecular complexity index is 768. The van der Waals surface area contributed by atoms with Gasteiger partial charge in [-0.2, -0.15) is 0 Å². The van der Waals surface area contributed by atoms with Gasteiger partial charge in [0, 0.05) is 11.9 Å². The molecule has 1 aliphatic rings.